The van der Waals surface area contributed by atoms with E-state index in [0.29, 0.717) is 23.8 Å². The van der Waals surface area contributed by atoms with E-state index in [1.54, 1.807) is 0 Å². The topological polar surface area (TPSA) is 43.4 Å². The molecule has 3 heteroatoms. The Morgan fingerprint density at radius 2 is 2.16 bits per heavy atom. The van der Waals surface area contributed by atoms with E-state index in [9.17, 15) is 9.59 Å². The Morgan fingerprint density at radius 1 is 1.47 bits per heavy atom. The molecule has 0 aliphatic heterocycles. The molecule has 2 unspecified atom stereocenters. The summed E-state index contributed by atoms with van der Waals surface area (Å²) in [6.07, 6.45) is 6.34. The second-order valence-electron chi connectivity index (χ2n) is 6.25. The summed E-state index contributed by atoms with van der Waals surface area (Å²) in [5, 5.41) is 0. The van der Waals surface area contributed by atoms with Crippen molar-refractivity contribution in [3.63, 3.8) is 0 Å². The molecule has 19 heavy (non-hydrogen) atoms. The molecule has 0 radical (unpaired) electrons. The van der Waals surface area contributed by atoms with Crippen LogP contribution >= 0.6 is 0 Å². The summed E-state index contributed by atoms with van der Waals surface area (Å²) in [6.45, 7) is 6.28. The lowest BCUT2D eigenvalue weighted by atomic mass is 9.57. The molecule has 0 heterocycles. The van der Waals surface area contributed by atoms with Gasteiger partial charge in [-0.25, -0.2) is 4.79 Å². The molecule has 0 saturated heterocycles. The second-order valence-corrected chi connectivity index (χ2v) is 6.25. The molecule has 1 saturated carbocycles. The van der Waals surface area contributed by atoms with Crippen molar-refractivity contribution in [2.45, 2.75) is 40.0 Å². The number of Topliss-reactive ketones (excluding diaryl/α,β-unsaturated/α-hetero) is 1. The van der Waals surface area contributed by atoms with Gasteiger partial charge in [-0.05, 0) is 37.0 Å². The highest BCUT2D eigenvalue weighted by molar-refractivity contribution is 6.02. The summed E-state index contributed by atoms with van der Waals surface area (Å²) in [6, 6.07) is 0. The molecule has 0 amide bonds. The van der Waals surface area contributed by atoms with Crippen LogP contribution in [0.15, 0.2) is 23.3 Å². The molecule has 2 aliphatic rings. The Bertz CT molecular complexity index is 468. The van der Waals surface area contributed by atoms with Crippen molar-refractivity contribution >= 4 is 11.8 Å². The number of ketones is 1. The molecule has 1 fully saturated rings. The third kappa shape index (κ3) is 2.51. The molecule has 0 aromatic carbocycles. The minimum atomic E-state index is -0.433. The SMILES string of the molecule is COC(=O)C=C1C(=O)CC2C=C(C)CCC2C1(C)C. The summed E-state index contributed by atoms with van der Waals surface area (Å²) in [7, 11) is 1.34. The summed E-state index contributed by atoms with van der Waals surface area (Å²) in [4.78, 5) is 23.8. The van der Waals surface area contributed by atoms with Crippen molar-refractivity contribution in [1.82, 2.24) is 0 Å². The van der Waals surface area contributed by atoms with Gasteiger partial charge >= 0.3 is 5.97 Å². The average molecular weight is 262 g/mol. The number of esters is 1. The zero-order valence-electron chi connectivity index (χ0n) is 12.2. The first-order valence-corrected chi connectivity index (χ1v) is 6.87. The van der Waals surface area contributed by atoms with Crippen molar-refractivity contribution < 1.29 is 14.3 Å². The Labute approximate surface area is 114 Å². The molecule has 2 atom stereocenters. The zero-order chi connectivity index (χ0) is 14.2. The monoisotopic (exact) mass is 262 g/mol. The standard InChI is InChI=1S/C16H22O3/c1-10-5-6-12-11(7-10)8-14(17)13(16(12,2)3)9-15(18)19-4/h7,9,11-12H,5-6,8H2,1-4H3. The lowest BCUT2D eigenvalue weighted by Gasteiger charge is -2.46. The molecule has 0 spiro atoms. The molecule has 2 aliphatic carbocycles. The van der Waals surface area contributed by atoms with E-state index in [0.717, 1.165) is 12.8 Å². The van der Waals surface area contributed by atoms with Crippen LogP contribution in [-0.4, -0.2) is 18.9 Å². The quantitative estimate of drug-likeness (QED) is 0.414. The largest absolute Gasteiger partial charge is 0.466 e. The number of hydrogen-bond acceptors (Lipinski definition) is 3. The van der Waals surface area contributed by atoms with Crippen molar-refractivity contribution in [3.8, 4) is 0 Å². The minimum Gasteiger partial charge on any atom is -0.466 e. The molecule has 0 N–H and O–H groups in total. The molecule has 3 nitrogen and oxygen atoms in total. The fraction of sp³-hybridized carbons (Fsp3) is 0.625. The molecule has 104 valence electrons. The number of methoxy groups -OCH3 is 1. The highest BCUT2D eigenvalue weighted by Crippen LogP contribution is 2.50. The first kappa shape index (κ1) is 14.0. The van der Waals surface area contributed by atoms with Gasteiger partial charge in [0.2, 0.25) is 0 Å². The molecule has 0 aromatic heterocycles. The smallest absolute Gasteiger partial charge is 0.330 e. The third-order valence-electron chi connectivity index (χ3n) is 4.67. The maximum atomic E-state index is 12.3. The van der Waals surface area contributed by atoms with Crippen LogP contribution in [0.25, 0.3) is 0 Å². The third-order valence-corrected chi connectivity index (χ3v) is 4.67. The normalized spacial score (nSPS) is 31.7. The fourth-order valence-corrected chi connectivity index (χ4v) is 3.59. The fourth-order valence-electron chi connectivity index (χ4n) is 3.59. The van der Waals surface area contributed by atoms with Gasteiger partial charge in [-0.1, -0.05) is 25.5 Å². The summed E-state index contributed by atoms with van der Waals surface area (Å²) < 4.78 is 4.67. The van der Waals surface area contributed by atoms with Gasteiger partial charge in [0, 0.05) is 18.1 Å². The number of hydrogen-bond donors (Lipinski definition) is 0. The first-order chi connectivity index (χ1) is 8.86. The molecule has 0 bridgehead atoms. The first-order valence-electron chi connectivity index (χ1n) is 6.87. The van der Waals surface area contributed by atoms with Gasteiger partial charge in [0.15, 0.2) is 5.78 Å². The lowest BCUT2D eigenvalue weighted by molar-refractivity contribution is -0.135. The highest BCUT2D eigenvalue weighted by Gasteiger charge is 2.46. The minimum absolute atomic E-state index is 0.0857. The van der Waals surface area contributed by atoms with E-state index in [1.807, 2.05) is 0 Å². The van der Waals surface area contributed by atoms with Gasteiger partial charge in [0.25, 0.3) is 0 Å². The molecule has 2 rings (SSSR count). The maximum Gasteiger partial charge on any atom is 0.330 e. The number of fused-ring (bicyclic) bond motifs is 1. The van der Waals surface area contributed by atoms with Crippen LogP contribution in [0, 0.1) is 17.3 Å². The molecule has 0 aromatic rings. The second kappa shape index (κ2) is 4.95. The van der Waals surface area contributed by atoms with E-state index < -0.39 is 5.97 Å². The van der Waals surface area contributed by atoms with E-state index >= 15 is 0 Å². The van der Waals surface area contributed by atoms with Crippen LogP contribution in [0.1, 0.15) is 40.0 Å². The summed E-state index contributed by atoms with van der Waals surface area (Å²) in [5.74, 6) is 0.413. The molecular weight excluding hydrogens is 240 g/mol. The van der Waals surface area contributed by atoms with Gasteiger partial charge in [0.1, 0.15) is 0 Å². The molecular formula is C16H22O3. The van der Waals surface area contributed by atoms with Crippen LogP contribution in [0.4, 0.5) is 0 Å². The summed E-state index contributed by atoms with van der Waals surface area (Å²) in [5.41, 5.74) is 1.75. The average Bonchev–Trinajstić information content (AvgIpc) is 2.33. The van der Waals surface area contributed by atoms with Gasteiger partial charge in [0.05, 0.1) is 7.11 Å². The predicted octanol–water partition coefficient (Wildman–Crippen LogP) is 3.06. The van der Waals surface area contributed by atoms with Crippen molar-refractivity contribution in [3.05, 3.63) is 23.3 Å². The van der Waals surface area contributed by atoms with E-state index in [-0.39, 0.29) is 11.2 Å². The van der Waals surface area contributed by atoms with Crippen molar-refractivity contribution in [1.29, 1.82) is 0 Å². The van der Waals surface area contributed by atoms with Crippen LogP contribution in [0.3, 0.4) is 0 Å². The predicted molar refractivity (Wildman–Crippen MR) is 73.5 cm³/mol. The van der Waals surface area contributed by atoms with Gasteiger partial charge in [-0.3, -0.25) is 4.79 Å². The number of carbonyl (C=O) groups is 2. The van der Waals surface area contributed by atoms with E-state index in [4.69, 9.17) is 0 Å². The zero-order valence-corrected chi connectivity index (χ0v) is 12.2. The highest BCUT2D eigenvalue weighted by atomic mass is 16.5. The van der Waals surface area contributed by atoms with E-state index in [2.05, 4.69) is 31.6 Å². The van der Waals surface area contributed by atoms with Crippen molar-refractivity contribution in [2.75, 3.05) is 7.11 Å². The van der Waals surface area contributed by atoms with E-state index in [1.165, 1.54) is 18.8 Å². The van der Waals surface area contributed by atoms with Crippen LogP contribution in [0.5, 0.6) is 0 Å². The Balaban J connectivity index is 2.38. The number of allylic oxidation sites excluding steroid dienone is 3. The Hall–Kier alpha value is -1.38. The summed E-state index contributed by atoms with van der Waals surface area (Å²) >= 11 is 0. The van der Waals surface area contributed by atoms with Crippen molar-refractivity contribution in [2.24, 2.45) is 17.3 Å². The van der Waals surface area contributed by atoms with Gasteiger partial charge < -0.3 is 4.74 Å². The number of carbonyl (C=O) groups excluding carboxylic acids is 2. The lowest BCUT2D eigenvalue weighted by Crippen LogP contribution is -2.42. The maximum absolute atomic E-state index is 12.3. The van der Waals surface area contributed by atoms with Crippen LogP contribution < -0.4 is 0 Å². The van der Waals surface area contributed by atoms with Gasteiger partial charge in [-0.15, -0.1) is 0 Å². The Morgan fingerprint density at radius 3 is 2.79 bits per heavy atom. The van der Waals surface area contributed by atoms with Crippen LogP contribution in [0.2, 0.25) is 0 Å². The number of rotatable bonds is 1. The van der Waals surface area contributed by atoms with Crippen LogP contribution in [-0.2, 0) is 14.3 Å². The Kier molecular flexibility index (Phi) is 3.66. The number of ether oxygens (including phenoxy) is 1. The van der Waals surface area contributed by atoms with Gasteiger partial charge in [-0.2, -0.15) is 0 Å².